The summed E-state index contributed by atoms with van der Waals surface area (Å²) in [5.74, 6) is -0.602. The Balaban J connectivity index is 1.63. The number of benzene rings is 2. The SMILES string of the molecule is CC(C)OC(=O)C(C)NP(=O)(OCC1(O)COC(n2cc(Br)c(=O)[nH]c2=O)C1(C)F)Oc1cccc2ccccc12. The molecule has 0 spiro atoms. The van der Waals surface area contributed by atoms with E-state index in [9.17, 15) is 24.1 Å². The summed E-state index contributed by atoms with van der Waals surface area (Å²) in [7, 11) is -4.52. The lowest BCUT2D eigenvalue weighted by molar-refractivity contribution is -0.149. The summed E-state index contributed by atoms with van der Waals surface area (Å²) in [6.07, 6.45) is -1.10. The number of nitrogens with zero attached hydrogens (tertiary/aromatic N) is 1. The van der Waals surface area contributed by atoms with Crippen LogP contribution < -0.4 is 20.9 Å². The lowest BCUT2D eigenvalue weighted by atomic mass is 9.88. The first-order valence-corrected chi connectivity index (χ1v) is 14.9. The van der Waals surface area contributed by atoms with Crippen molar-refractivity contribution in [2.75, 3.05) is 13.2 Å². The monoisotopic (exact) mass is 657 g/mol. The Kier molecular flexibility index (Phi) is 8.93. The molecular formula is C26H30BrFN3O9P. The van der Waals surface area contributed by atoms with Crippen LogP contribution in [0.2, 0.25) is 0 Å². The lowest BCUT2D eigenvalue weighted by Crippen LogP contribution is -2.54. The van der Waals surface area contributed by atoms with Gasteiger partial charge in [-0.25, -0.2) is 13.8 Å². The summed E-state index contributed by atoms with van der Waals surface area (Å²) < 4.78 is 53.0. The highest BCUT2D eigenvalue weighted by Gasteiger charge is 2.61. The number of esters is 1. The molecule has 3 aromatic rings. The molecule has 1 saturated heterocycles. The van der Waals surface area contributed by atoms with E-state index in [4.69, 9.17) is 18.5 Å². The molecule has 222 valence electrons. The van der Waals surface area contributed by atoms with Crippen LogP contribution in [0.4, 0.5) is 4.39 Å². The fraction of sp³-hybridized carbons (Fsp3) is 0.423. The van der Waals surface area contributed by atoms with Gasteiger partial charge in [0, 0.05) is 11.6 Å². The van der Waals surface area contributed by atoms with Crippen molar-refractivity contribution in [3.05, 3.63) is 74.0 Å². The van der Waals surface area contributed by atoms with E-state index >= 15 is 4.39 Å². The van der Waals surface area contributed by atoms with E-state index in [-0.39, 0.29) is 10.2 Å². The van der Waals surface area contributed by atoms with Gasteiger partial charge in [-0.15, -0.1) is 0 Å². The second-order valence-electron chi connectivity index (χ2n) is 10.1. The van der Waals surface area contributed by atoms with Gasteiger partial charge >= 0.3 is 19.4 Å². The van der Waals surface area contributed by atoms with E-state index in [1.807, 2.05) is 23.2 Å². The molecule has 4 rings (SSSR count). The molecular weight excluding hydrogens is 628 g/mol. The van der Waals surface area contributed by atoms with Gasteiger partial charge < -0.3 is 19.1 Å². The zero-order valence-electron chi connectivity index (χ0n) is 22.6. The number of aliphatic hydroxyl groups is 1. The van der Waals surface area contributed by atoms with Gasteiger partial charge in [0.2, 0.25) is 0 Å². The Labute approximate surface area is 242 Å². The fourth-order valence-corrected chi connectivity index (χ4v) is 6.10. The molecule has 1 aromatic heterocycles. The molecule has 12 nitrogen and oxygen atoms in total. The first-order chi connectivity index (χ1) is 19.2. The van der Waals surface area contributed by atoms with E-state index in [0.717, 1.165) is 23.1 Å². The maximum atomic E-state index is 16.2. The summed E-state index contributed by atoms with van der Waals surface area (Å²) in [4.78, 5) is 38.6. The Morgan fingerprint density at radius 3 is 2.66 bits per heavy atom. The highest BCUT2D eigenvalue weighted by Crippen LogP contribution is 2.50. The maximum Gasteiger partial charge on any atom is 0.459 e. The molecule has 0 radical (unpaired) electrons. The van der Waals surface area contributed by atoms with Crippen LogP contribution in [-0.2, 0) is 23.4 Å². The molecule has 0 amide bonds. The number of rotatable bonds is 10. The van der Waals surface area contributed by atoms with Gasteiger partial charge in [-0.1, -0.05) is 36.4 Å². The molecule has 3 N–H and O–H groups in total. The Hall–Kier alpha value is -2.87. The van der Waals surface area contributed by atoms with Gasteiger partial charge in [-0.05, 0) is 55.1 Å². The van der Waals surface area contributed by atoms with Crippen LogP contribution in [0.3, 0.4) is 0 Å². The molecule has 5 atom stereocenters. The molecule has 2 heterocycles. The van der Waals surface area contributed by atoms with Gasteiger partial charge in [-0.3, -0.25) is 23.7 Å². The standard InChI is InChI=1S/C26H30BrFN3O9P/c1-15(2)39-22(33)16(3)30-41(36,40-20-11-7-9-17-8-5-6-10-18(17)20)38-14-26(35)13-37-23(25(26,4)28)31-12-19(27)21(32)29-24(31)34/h5-12,15-16,23,35H,13-14H2,1-4H3,(H,30,36)(H,29,32,34). The molecule has 41 heavy (non-hydrogen) atoms. The third kappa shape index (κ3) is 6.47. The second-order valence-corrected chi connectivity index (χ2v) is 12.6. The highest BCUT2D eigenvalue weighted by atomic mass is 79.9. The molecule has 2 aromatic carbocycles. The maximum absolute atomic E-state index is 16.2. The van der Waals surface area contributed by atoms with Crippen molar-refractivity contribution in [1.29, 1.82) is 0 Å². The normalized spacial score (nSPS) is 24.7. The van der Waals surface area contributed by atoms with E-state index in [1.54, 1.807) is 38.1 Å². The molecule has 0 bridgehead atoms. The summed E-state index contributed by atoms with van der Waals surface area (Å²) in [5.41, 5.74) is -6.84. The number of H-pyrrole nitrogens is 1. The first-order valence-electron chi connectivity index (χ1n) is 12.6. The number of aromatic amines is 1. The van der Waals surface area contributed by atoms with Crippen molar-refractivity contribution < 1.29 is 37.4 Å². The molecule has 1 aliphatic rings. The Morgan fingerprint density at radius 1 is 1.27 bits per heavy atom. The number of hydrogen-bond donors (Lipinski definition) is 3. The minimum atomic E-state index is -4.52. The molecule has 0 saturated carbocycles. The fourth-order valence-electron chi connectivity index (χ4n) is 4.21. The zero-order chi connectivity index (χ0) is 30.2. The number of hydrogen-bond acceptors (Lipinski definition) is 9. The van der Waals surface area contributed by atoms with E-state index in [2.05, 4.69) is 21.0 Å². The minimum absolute atomic E-state index is 0.0670. The summed E-state index contributed by atoms with van der Waals surface area (Å²) in [6, 6.07) is 10.9. The second kappa shape index (κ2) is 11.8. The summed E-state index contributed by atoms with van der Waals surface area (Å²) >= 11 is 2.98. The van der Waals surface area contributed by atoms with Gasteiger partial charge in [0.25, 0.3) is 5.56 Å². The molecule has 1 fully saturated rings. The molecule has 1 aliphatic heterocycles. The predicted molar refractivity (Wildman–Crippen MR) is 150 cm³/mol. The van der Waals surface area contributed by atoms with E-state index < -0.39 is 67.8 Å². The van der Waals surface area contributed by atoms with E-state index in [0.29, 0.717) is 5.39 Å². The van der Waals surface area contributed by atoms with Crippen LogP contribution in [0.25, 0.3) is 10.8 Å². The number of carbonyl (C=O) groups excluding carboxylic acids is 1. The van der Waals surface area contributed by atoms with Crippen LogP contribution in [0.1, 0.15) is 33.9 Å². The number of carbonyl (C=O) groups is 1. The highest BCUT2D eigenvalue weighted by molar-refractivity contribution is 9.10. The van der Waals surface area contributed by atoms with Gasteiger partial charge in [-0.2, -0.15) is 5.09 Å². The predicted octanol–water partition coefficient (Wildman–Crippen LogP) is 3.57. The number of aromatic nitrogens is 2. The average molecular weight is 658 g/mol. The van der Waals surface area contributed by atoms with Crippen molar-refractivity contribution >= 4 is 40.4 Å². The van der Waals surface area contributed by atoms with Crippen molar-refractivity contribution in [3.8, 4) is 5.75 Å². The molecule has 5 unspecified atom stereocenters. The number of fused-ring (bicyclic) bond motifs is 1. The van der Waals surface area contributed by atoms with Gasteiger partial charge in [0.15, 0.2) is 11.9 Å². The third-order valence-electron chi connectivity index (χ3n) is 6.53. The largest absolute Gasteiger partial charge is 0.462 e. The minimum Gasteiger partial charge on any atom is -0.462 e. The average Bonchev–Trinajstić information content (AvgIpc) is 3.13. The Morgan fingerprint density at radius 2 is 1.95 bits per heavy atom. The van der Waals surface area contributed by atoms with Crippen LogP contribution >= 0.6 is 23.7 Å². The Bertz CT molecular complexity index is 1610. The van der Waals surface area contributed by atoms with E-state index in [1.165, 1.54) is 6.92 Å². The van der Waals surface area contributed by atoms with Crippen molar-refractivity contribution in [2.45, 2.75) is 57.3 Å². The third-order valence-corrected chi connectivity index (χ3v) is 8.70. The molecule has 15 heteroatoms. The number of halogens is 2. The smallest absolute Gasteiger partial charge is 0.459 e. The summed E-state index contributed by atoms with van der Waals surface area (Å²) in [5, 5.41) is 15.2. The van der Waals surface area contributed by atoms with Crippen molar-refractivity contribution in [3.63, 3.8) is 0 Å². The summed E-state index contributed by atoms with van der Waals surface area (Å²) in [6.45, 7) is 4.05. The van der Waals surface area contributed by atoms with Crippen molar-refractivity contribution in [1.82, 2.24) is 14.6 Å². The van der Waals surface area contributed by atoms with Gasteiger partial charge in [0.05, 0.1) is 23.8 Å². The zero-order valence-corrected chi connectivity index (χ0v) is 25.1. The van der Waals surface area contributed by atoms with Crippen LogP contribution in [0, 0.1) is 0 Å². The number of alkyl halides is 1. The number of nitrogens with one attached hydrogen (secondary N) is 2. The topological polar surface area (TPSA) is 158 Å². The van der Waals surface area contributed by atoms with Crippen molar-refractivity contribution in [2.24, 2.45) is 0 Å². The van der Waals surface area contributed by atoms with Crippen LogP contribution in [-0.4, -0.2) is 57.3 Å². The van der Waals surface area contributed by atoms with Gasteiger partial charge in [0.1, 0.15) is 17.4 Å². The first kappa shape index (κ1) is 31.1. The molecule has 0 aliphatic carbocycles. The van der Waals surface area contributed by atoms with Crippen LogP contribution in [0.5, 0.6) is 5.75 Å². The lowest BCUT2D eigenvalue weighted by Gasteiger charge is -2.34. The number of ether oxygens (including phenoxy) is 2. The quantitative estimate of drug-likeness (QED) is 0.217. The van der Waals surface area contributed by atoms with Crippen LogP contribution in [0.15, 0.2) is 62.7 Å².